The lowest BCUT2D eigenvalue weighted by Crippen LogP contribution is -2.36. The van der Waals surface area contributed by atoms with Crippen LogP contribution in [-0.4, -0.2) is 12.6 Å². The van der Waals surface area contributed by atoms with E-state index in [1.54, 1.807) is 0 Å². The molecule has 0 heterocycles. The Labute approximate surface area is 113 Å². The smallest absolute Gasteiger partial charge is 0.00106 e. The van der Waals surface area contributed by atoms with E-state index in [9.17, 15) is 0 Å². The standard InChI is InChI=1S/C17H29N/c1-7-17(6,12-18-13(2)3)11-16-9-8-14(4)15(5)10-16/h8-10,13,18H,7,11-12H2,1-6H3. The van der Waals surface area contributed by atoms with Crippen molar-refractivity contribution in [2.24, 2.45) is 5.41 Å². The summed E-state index contributed by atoms with van der Waals surface area (Å²) in [6.45, 7) is 14.6. The van der Waals surface area contributed by atoms with E-state index in [1.165, 1.54) is 23.1 Å². The van der Waals surface area contributed by atoms with E-state index in [-0.39, 0.29) is 0 Å². The topological polar surface area (TPSA) is 12.0 Å². The number of aryl methyl sites for hydroxylation is 2. The predicted octanol–water partition coefficient (Wildman–Crippen LogP) is 4.26. The first-order valence-electron chi connectivity index (χ1n) is 7.16. The lowest BCUT2D eigenvalue weighted by atomic mass is 9.80. The van der Waals surface area contributed by atoms with Crippen LogP contribution in [0.25, 0.3) is 0 Å². The van der Waals surface area contributed by atoms with Crippen LogP contribution in [0.5, 0.6) is 0 Å². The van der Waals surface area contributed by atoms with Crippen LogP contribution in [-0.2, 0) is 6.42 Å². The molecule has 1 rings (SSSR count). The summed E-state index contributed by atoms with van der Waals surface area (Å²) in [6.07, 6.45) is 2.37. The van der Waals surface area contributed by atoms with Gasteiger partial charge in [0, 0.05) is 12.6 Å². The molecule has 0 radical (unpaired) electrons. The molecule has 0 spiro atoms. The van der Waals surface area contributed by atoms with Crippen LogP contribution in [0, 0.1) is 19.3 Å². The summed E-state index contributed by atoms with van der Waals surface area (Å²) in [5.41, 5.74) is 4.61. The van der Waals surface area contributed by atoms with Crippen molar-refractivity contribution in [1.82, 2.24) is 5.32 Å². The minimum absolute atomic E-state index is 0.353. The number of hydrogen-bond donors (Lipinski definition) is 1. The highest BCUT2D eigenvalue weighted by atomic mass is 14.9. The van der Waals surface area contributed by atoms with Gasteiger partial charge in [-0.3, -0.25) is 0 Å². The zero-order valence-corrected chi connectivity index (χ0v) is 12.9. The van der Waals surface area contributed by atoms with Crippen LogP contribution >= 0.6 is 0 Å². The third kappa shape index (κ3) is 4.45. The fraction of sp³-hybridized carbons (Fsp3) is 0.647. The van der Waals surface area contributed by atoms with Crippen molar-refractivity contribution in [1.29, 1.82) is 0 Å². The first-order chi connectivity index (χ1) is 8.36. The summed E-state index contributed by atoms with van der Waals surface area (Å²) in [5.74, 6) is 0. The molecular formula is C17H29N. The van der Waals surface area contributed by atoms with E-state index in [0.717, 1.165) is 13.0 Å². The molecule has 18 heavy (non-hydrogen) atoms. The summed E-state index contributed by atoms with van der Waals surface area (Å²) in [7, 11) is 0. The molecule has 102 valence electrons. The van der Waals surface area contributed by atoms with Gasteiger partial charge < -0.3 is 5.32 Å². The molecule has 1 atom stereocenters. The van der Waals surface area contributed by atoms with Gasteiger partial charge in [0.1, 0.15) is 0 Å². The molecule has 1 aromatic rings. The first kappa shape index (κ1) is 15.2. The summed E-state index contributed by atoms with van der Waals surface area (Å²) in [5, 5.41) is 3.58. The third-order valence-electron chi connectivity index (χ3n) is 3.99. The van der Waals surface area contributed by atoms with Crippen molar-refractivity contribution in [3.05, 3.63) is 34.9 Å². The number of rotatable bonds is 6. The molecule has 0 saturated carbocycles. The van der Waals surface area contributed by atoms with Gasteiger partial charge >= 0.3 is 0 Å². The molecule has 1 aromatic carbocycles. The van der Waals surface area contributed by atoms with Gasteiger partial charge in [0.25, 0.3) is 0 Å². The molecule has 0 saturated heterocycles. The van der Waals surface area contributed by atoms with Crippen LogP contribution in [0.1, 0.15) is 50.8 Å². The van der Waals surface area contributed by atoms with E-state index in [2.05, 4.69) is 65.1 Å². The second-order valence-electron chi connectivity index (χ2n) is 6.30. The lowest BCUT2D eigenvalue weighted by molar-refractivity contribution is 0.281. The minimum atomic E-state index is 0.353. The van der Waals surface area contributed by atoms with Crippen molar-refractivity contribution in [3.63, 3.8) is 0 Å². The summed E-state index contributed by atoms with van der Waals surface area (Å²) in [4.78, 5) is 0. The predicted molar refractivity (Wildman–Crippen MR) is 81.2 cm³/mol. The summed E-state index contributed by atoms with van der Waals surface area (Å²) in [6, 6.07) is 7.44. The maximum Gasteiger partial charge on any atom is 0.00106 e. The van der Waals surface area contributed by atoms with Crippen molar-refractivity contribution in [2.75, 3.05) is 6.54 Å². The van der Waals surface area contributed by atoms with E-state index >= 15 is 0 Å². The maximum atomic E-state index is 3.58. The van der Waals surface area contributed by atoms with Crippen molar-refractivity contribution < 1.29 is 0 Å². The zero-order chi connectivity index (χ0) is 13.8. The highest BCUT2D eigenvalue weighted by Gasteiger charge is 2.22. The average Bonchev–Trinajstić information content (AvgIpc) is 2.31. The number of nitrogens with one attached hydrogen (secondary N) is 1. The zero-order valence-electron chi connectivity index (χ0n) is 12.9. The Hall–Kier alpha value is -0.820. The van der Waals surface area contributed by atoms with Gasteiger partial charge in [-0.1, -0.05) is 45.9 Å². The van der Waals surface area contributed by atoms with Crippen LogP contribution in [0.15, 0.2) is 18.2 Å². The van der Waals surface area contributed by atoms with Crippen LogP contribution < -0.4 is 5.32 Å². The maximum absolute atomic E-state index is 3.58. The fourth-order valence-corrected chi connectivity index (χ4v) is 2.17. The van der Waals surface area contributed by atoms with Gasteiger partial charge in [-0.2, -0.15) is 0 Å². The molecule has 0 amide bonds. The lowest BCUT2D eigenvalue weighted by Gasteiger charge is -2.30. The van der Waals surface area contributed by atoms with Crippen molar-refractivity contribution in [2.45, 2.75) is 60.4 Å². The van der Waals surface area contributed by atoms with Crippen LogP contribution in [0.3, 0.4) is 0 Å². The molecule has 0 aromatic heterocycles. The Morgan fingerprint density at radius 3 is 2.33 bits per heavy atom. The largest absolute Gasteiger partial charge is 0.314 e. The summed E-state index contributed by atoms with van der Waals surface area (Å²) < 4.78 is 0. The van der Waals surface area contributed by atoms with E-state index in [0.29, 0.717) is 11.5 Å². The molecule has 0 fully saturated rings. The Balaban J connectivity index is 2.74. The van der Waals surface area contributed by atoms with E-state index < -0.39 is 0 Å². The van der Waals surface area contributed by atoms with Gasteiger partial charge in [-0.15, -0.1) is 0 Å². The van der Waals surface area contributed by atoms with Crippen LogP contribution in [0.2, 0.25) is 0 Å². The normalized spacial score (nSPS) is 14.8. The van der Waals surface area contributed by atoms with Gasteiger partial charge in [0.2, 0.25) is 0 Å². The Bertz CT molecular complexity index is 381. The second kappa shape index (κ2) is 6.38. The van der Waals surface area contributed by atoms with Gasteiger partial charge in [-0.25, -0.2) is 0 Å². The van der Waals surface area contributed by atoms with Gasteiger partial charge in [0.15, 0.2) is 0 Å². The van der Waals surface area contributed by atoms with Gasteiger partial charge in [-0.05, 0) is 48.8 Å². The van der Waals surface area contributed by atoms with Crippen molar-refractivity contribution in [3.8, 4) is 0 Å². The van der Waals surface area contributed by atoms with E-state index in [4.69, 9.17) is 0 Å². The SMILES string of the molecule is CCC(C)(CNC(C)C)Cc1ccc(C)c(C)c1. The minimum Gasteiger partial charge on any atom is -0.314 e. The quantitative estimate of drug-likeness (QED) is 0.792. The highest BCUT2D eigenvalue weighted by Crippen LogP contribution is 2.26. The molecule has 0 aliphatic heterocycles. The number of benzene rings is 1. The highest BCUT2D eigenvalue weighted by molar-refractivity contribution is 5.30. The summed E-state index contributed by atoms with van der Waals surface area (Å²) >= 11 is 0. The molecule has 0 bridgehead atoms. The van der Waals surface area contributed by atoms with Crippen LogP contribution in [0.4, 0.5) is 0 Å². The Morgan fingerprint density at radius 1 is 1.17 bits per heavy atom. The van der Waals surface area contributed by atoms with Crippen molar-refractivity contribution >= 4 is 0 Å². The molecule has 1 unspecified atom stereocenters. The second-order valence-corrected chi connectivity index (χ2v) is 6.30. The molecule has 1 nitrogen and oxygen atoms in total. The van der Waals surface area contributed by atoms with E-state index in [1.807, 2.05) is 0 Å². The monoisotopic (exact) mass is 247 g/mol. The molecule has 0 aliphatic carbocycles. The molecule has 1 heteroatoms. The Morgan fingerprint density at radius 2 is 1.83 bits per heavy atom. The third-order valence-corrected chi connectivity index (χ3v) is 3.99. The number of hydrogen-bond acceptors (Lipinski definition) is 1. The van der Waals surface area contributed by atoms with Gasteiger partial charge in [0.05, 0.1) is 0 Å². The fourth-order valence-electron chi connectivity index (χ4n) is 2.17. The Kier molecular flexibility index (Phi) is 5.40. The molecule has 0 aliphatic rings. The first-order valence-corrected chi connectivity index (χ1v) is 7.16. The average molecular weight is 247 g/mol. The molecular weight excluding hydrogens is 218 g/mol. The molecule has 1 N–H and O–H groups in total.